The van der Waals surface area contributed by atoms with E-state index in [2.05, 4.69) is 108 Å². The molecule has 2 aromatic heterocycles. The molecule has 10 nitrogen and oxygen atoms in total. The molecule has 1 saturated carbocycles. The van der Waals surface area contributed by atoms with Crippen LogP contribution in [0, 0.1) is 5.92 Å². The third-order valence-electron chi connectivity index (χ3n) is 13.1. The number of rotatable bonds is 17. The standard InChI is InChI=1S/C48H66N6O4Si/c1-48(2,3)59(4,5)58-43(40-20-22-42(55)45-41(40)21-23-44(56)51-45)32-49-28-24-35-16-18-36(19-17-35)25-29-53-30-26-37(27-31-53)33-54-34-50-47(52-54)46(38-12-8-6-9-13-38)57-39-14-10-7-11-15-39/h6,8-9,12-13,16-23,34,37,39,43,46,49,55H,7,10-11,14-15,24-33H2,1-5H3,(H,51,56)/t43-,46+/m0/s1. The Hall–Kier alpha value is -4.13. The minimum atomic E-state index is -2.14. The van der Waals surface area contributed by atoms with Gasteiger partial charge < -0.3 is 29.5 Å². The van der Waals surface area contributed by atoms with Crippen LogP contribution < -0.4 is 10.9 Å². The van der Waals surface area contributed by atoms with Crippen molar-refractivity contribution < 1.29 is 14.3 Å². The van der Waals surface area contributed by atoms with E-state index in [-0.39, 0.29) is 34.7 Å². The van der Waals surface area contributed by atoms with E-state index >= 15 is 0 Å². The number of phenolic OH excluding ortho intramolecular Hbond substituents is 1. The maximum absolute atomic E-state index is 12.1. The minimum Gasteiger partial charge on any atom is -0.506 e. The Kier molecular flexibility index (Phi) is 14.2. The zero-order valence-electron chi connectivity index (χ0n) is 36.0. The number of pyridine rings is 1. The lowest BCUT2D eigenvalue weighted by atomic mass is 9.96. The van der Waals surface area contributed by atoms with Crippen LogP contribution in [0.1, 0.15) is 106 Å². The third kappa shape index (κ3) is 11.4. The SMILES string of the molecule is CC(C)(C)[Si](C)(C)O[C@@H](CNCCc1ccc(CCN2CCC(Cn3cnc([C@H](OC4CCCCC4)c4ccccc4)n3)CC2)cc1)c1ccc(O)c2[nH]c(=O)ccc12. The molecule has 5 aromatic rings. The fourth-order valence-electron chi connectivity index (χ4n) is 8.40. The summed E-state index contributed by atoms with van der Waals surface area (Å²) >= 11 is 0. The highest BCUT2D eigenvalue weighted by molar-refractivity contribution is 6.74. The molecule has 0 amide bonds. The van der Waals surface area contributed by atoms with Gasteiger partial charge in [-0.05, 0) is 117 Å². The average molecular weight is 819 g/mol. The third-order valence-corrected chi connectivity index (χ3v) is 17.6. The van der Waals surface area contributed by atoms with Crippen LogP contribution in [0.3, 0.4) is 0 Å². The Morgan fingerprint density at radius 2 is 1.61 bits per heavy atom. The molecule has 316 valence electrons. The largest absolute Gasteiger partial charge is 0.506 e. The van der Waals surface area contributed by atoms with Crippen molar-refractivity contribution in [2.45, 2.75) is 122 Å². The molecule has 0 spiro atoms. The van der Waals surface area contributed by atoms with E-state index in [4.69, 9.17) is 19.2 Å². The molecule has 0 radical (unpaired) electrons. The number of hydrogen-bond donors (Lipinski definition) is 3. The quantitative estimate of drug-likeness (QED) is 0.0629. The lowest BCUT2D eigenvalue weighted by Gasteiger charge is -2.39. The van der Waals surface area contributed by atoms with Crippen molar-refractivity contribution in [3.63, 3.8) is 0 Å². The molecule has 3 heterocycles. The van der Waals surface area contributed by atoms with E-state index in [0.717, 1.165) is 80.7 Å². The van der Waals surface area contributed by atoms with Crippen molar-refractivity contribution >= 4 is 19.2 Å². The van der Waals surface area contributed by atoms with Gasteiger partial charge in [0.1, 0.15) is 18.2 Å². The molecule has 0 unspecified atom stereocenters. The summed E-state index contributed by atoms with van der Waals surface area (Å²) in [7, 11) is -2.14. The molecule has 2 fully saturated rings. The van der Waals surface area contributed by atoms with Crippen LogP contribution in [-0.2, 0) is 28.5 Å². The van der Waals surface area contributed by atoms with Gasteiger partial charge in [-0.25, -0.2) is 4.98 Å². The van der Waals surface area contributed by atoms with Crippen LogP contribution >= 0.6 is 0 Å². The monoisotopic (exact) mass is 818 g/mol. The number of benzene rings is 3. The number of nitrogens with zero attached hydrogens (tertiary/aromatic N) is 4. The number of nitrogens with one attached hydrogen (secondary N) is 2. The fourth-order valence-corrected chi connectivity index (χ4v) is 9.67. The van der Waals surface area contributed by atoms with Crippen molar-refractivity contribution in [1.82, 2.24) is 30.0 Å². The Morgan fingerprint density at radius 1 is 0.898 bits per heavy atom. The van der Waals surface area contributed by atoms with Crippen LogP contribution in [0.25, 0.3) is 10.9 Å². The van der Waals surface area contributed by atoms with Crippen molar-refractivity contribution in [3.05, 3.63) is 124 Å². The topological polar surface area (TPSA) is 118 Å². The first-order valence-electron chi connectivity index (χ1n) is 22.1. The first kappa shape index (κ1) is 43.0. The summed E-state index contributed by atoms with van der Waals surface area (Å²) < 4.78 is 15.7. The number of piperidine rings is 1. The highest BCUT2D eigenvalue weighted by atomic mass is 28.4. The first-order valence-corrected chi connectivity index (χ1v) is 25.0. The zero-order valence-corrected chi connectivity index (χ0v) is 37.0. The normalized spacial score (nSPS) is 17.4. The summed E-state index contributed by atoms with van der Waals surface area (Å²) in [4.78, 5) is 22.3. The molecule has 1 saturated heterocycles. The molecule has 59 heavy (non-hydrogen) atoms. The smallest absolute Gasteiger partial charge is 0.248 e. The van der Waals surface area contributed by atoms with Crippen LogP contribution in [0.4, 0.5) is 0 Å². The number of fused-ring (bicyclic) bond motifs is 1. The second kappa shape index (κ2) is 19.5. The second-order valence-electron chi connectivity index (χ2n) is 18.5. The summed E-state index contributed by atoms with van der Waals surface area (Å²) in [5.74, 6) is 1.44. The van der Waals surface area contributed by atoms with Gasteiger partial charge in [0.15, 0.2) is 14.1 Å². The molecule has 7 rings (SSSR count). The lowest BCUT2D eigenvalue weighted by Crippen LogP contribution is -2.43. The fraction of sp³-hybridized carbons (Fsp3) is 0.521. The van der Waals surface area contributed by atoms with E-state index in [1.54, 1.807) is 12.1 Å². The van der Waals surface area contributed by atoms with E-state index in [9.17, 15) is 9.90 Å². The maximum Gasteiger partial charge on any atom is 0.248 e. The Balaban J connectivity index is 0.861. The molecular formula is C48H66N6O4Si. The van der Waals surface area contributed by atoms with Crippen molar-refractivity contribution in [1.29, 1.82) is 0 Å². The molecule has 1 aliphatic heterocycles. The van der Waals surface area contributed by atoms with Gasteiger partial charge in [-0.15, -0.1) is 0 Å². The molecule has 11 heteroatoms. The number of aromatic nitrogens is 4. The van der Waals surface area contributed by atoms with Gasteiger partial charge in [-0.3, -0.25) is 9.48 Å². The highest BCUT2D eigenvalue weighted by Gasteiger charge is 2.40. The summed E-state index contributed by atoms with van der Waals surface area (Å²) in [6.45, 7) is 16.9. The first-order chi connectivity index (χ1) is 28.4. The Labute approximate surface area is 351 Å². The molecule has 2 atom stereocenters. The molecule has 0 bridgehead atoms. The van der Waals surface area contributed by atoms with Gasteiger partial charge in [0, 0.05) is 31.1 Å². The Bertz CT molecular complexity index is 2130. The molecule has 2 aliphatic rings. The number of aromatic hydroxyl groups is 1. The zero-order chi connectivity index (χ0) is 41.4. The van der Waals surface area contributed by atoms with Gasteiger partial charge >= 0.3 is 0 Å². The van der Waals surface area contributed by atoms with Crippen LogP contribution in [0.15, 0.2) is 90.0 Å². The lowest BCUT2D eigenvalue weighted by molar-refractivity contribution is -0.0157. The predicted octanol–water partition coefficient (Wildman–Crippen LogP) is 9.11. The van der Waals surface area contributed by atoms with Crippen molar-refractivity contribution in [2.75, 3.05) is 32.7 Å². The van der Waals surface area contributed by atoms with E-state index in [0.29, 0.717) is 18.0 Å². The van der Waals surface area contributed by atoms with Crippen molar-refractivity contribution in [2.24, 2.45) is 5.92 Å². The van der Waals surface area contributed by atoms with Gasteiger partial charge in [0.05, 0.1) is 17.7 Å². The van der Waals surface area contributed by atoms with Crippen molar-refractivity contribution in [3.8, 4) is 5.75 Å². The molecule has 3 N–H and O–H groups in total. The number of ether oxygens (including phenoxy) is 1. The highest BCUT2D eigenvalue weighted by Crippen LogP contribution is 2.41. The Morgan fingerprint density at radius 3 is 2.32 bits per heavy atom. The van der Waals surface area contributed by atoms with Crippen LogP contribution in [0.5, 0.6) is 5.75 Å². The number of aromatic amines is 1. The number of H-pyrrole nitrogens is 1. The predicted molar refractivity (Wildman–Crippen MR) is 239 cm³/mol. The summed E-state index contributed by atoms with van der Waals surface area (Å²) in [5, 5.41) is 20.0. The summed E-state index contributed by atoms with van der Waals surface area (Å²) in [5.41, 5.74) is 5.00. The van der Waals surface area contributed by atoms with E-state index in [1.165, 1.54) is 49.3 Å². The maximum atomic E-state index is 12.1. The van der Waals surface area contributed by atoms with Gasteiger partial charge in [0.25, 0.3) is 0 Å². The molecular weight excluding hydrogens is 753 g/mol. The van der Waals surface area contributed by atoms with Crippen LogP contribution in [0.2, 0.25) is 18.1 Å². The summed E-state index contributed by atoms with van der Waals surface area (Å²) in [6.07, 6.45) is 12.1. The summed E-state index contributed by atoms with van der Waals surface area (Å²) in [6, 6.07) is 26.5. The minimum absolute atomic E-state index is 0.0331. The second-order valence-corrected chi connectivity index (χ2v) is 23.2. The van der Waals surface area contributed by atoms with Crippen LogP contribution in [-0.4, -0.2) is 76.9 Å². The molecule has 1 aliphatic carbocycles. The molecule has 3 aromatic carbocycles. The van der Waals surface area contributed by atoms with E-state index < -0.39 is 8.32 Å². The number of hydrogen-bond acceptors (Lipinski definition) is 8. The van der Waals surface area contributed by atoms with Gasteiger partial charge in [0.2, 0.25) is 5.56 Å². The number of likely N-dealkylation sites (tertiary alicyclic amines) is 1. The number of phenols is 1. The van der Waals surface area contributed by atoms with E-state index in [1.807, 2.05) is 12.4 Å². The average Bonchev–Trinajstić information content (AvgIpc) is 3.70. The van der Waals surface area contributed by atoms with Gasteiger partial charge in [-0.1, -0.05) is 101 Å². The van der Waals surface area contributed by atoms with Gasteiger partial charge in [-0.2, -0.15) is 5.10 Å².